The Bertz CT molecular complexity index is 866. The van der Waals surface area contributed by atoms with Crippen molar-refractivity contribution >= 4 is 35.0 Å². The summed E-state index contributed by atoms with van der Waals surface area (Å²) in [4.78, 5) is 29.4. The van der Waals surface area contributed by atoms with Crippen LogP contribution >= 0.6 is 23.4 Å². The summed E-state index contributed by atoms with van der Waals surface area (Å²) in [5, 5.41) is 4.18. The maximum Gasteiger partial charge on any atom is 0.254 e. The van der Waals surface area contributed by atoms with Crippen molar-refractivity contribution in [3.8, 4) is 0 Å². The Balaban J connectivity index is 1.74. The molecular weight excluding hydrogens is 358 g/mol. The van der Waals surface area contributed by atoms with Crippen molar-refractivity contribution in [1.82, 2.24) is 9.55 Å². The number of carbonyl (C=O) groups is 1. The lowest BCUT2D eigenvalue weighted by Crippen LogP contribution is -2.27. The minimum absolute atomic E-state index is 0.0739. The van der Waals surface area contributed by atoms with Crippen molar-refractivity contribution in [2.24, 2.45) is 0 Å². The number of rotatable bonds is 5. The second-order valence-corrected chi connectivity index (χ2v) is 7.59. The molecule has 2 aromatic rings. The molecular formula is C18H20ClN3O2S. The van der Waals surface area contributed by atoms with Gasteiger partial charge in [-0.3, -0.25) is 14.2 Å². The Hall–Kier alpha value is -1.79. The van der Waals surface area contributed by atoms with Crippen LogP contribution in [0.3, 0.4) is 0 Å². The maximum absolute atomic E-state index is 12.4. The number of hydrogen-bond acceptors (Lipinski definition) is 4. The van der Waals surface area contributed by atoms with Crippen LogP contribution in [0.4, 0.5) is 5.69 Å². The van der Waals surface area contributed by atoms with E-state index in [-0.39, 0.29) is 23.9 Å². The molecule has 132 valence electrons. The van der Waals surface area contributed by atoms with Gasteiger partial charge in [0.1, 0.15) is 0 Å². The number of nitrogens with zero attached hydrogens (tertiary/aromatic N) is 2. The number of anilines is 1. The predicted molar refractivity (Wildman–Crippen MR) is 102 cm³/mol. The Morgan fingerprint density at radius 1 is 1.44 bits per heavy atom. The second kappa shape index (κ2) is 7.62. The zero-order chi connectivity index (χ0) is 18.0. The van der Waals surface area contributed by atoms with Crippen LogP contribution in [0.15, 0.2) is 34.2 Å². The molecule has 1 aromatic carbocycles. The summed E-state index contributed by atoms with van der Waals surface area (Å²) < 4.78 is 1.65. The van der Waals surface area contributed by atoms with E-state index in [4.69, 9.17) is 11.6 Å². The molecule has 25 heavy (non-hydrogen) atoms. The summed E-state index contributed by atoms with van der Waals surface area (Å²) >= 11 is 7.53. The van der Waals surface area contributed by atoms with Gasteiger partial charge in [0.05, 0.1) is 6.04 Å². The summed E-state index contributed by atoms with van der Waals surface area (Å²) in [5.74, 6) is 0.549. The fraction of sp³-hybridized carbons (Fsp3) is 0.389. The highest BCUT2D eigenvalue weighted by molar-refractivity contribution is 7.99. The molecule has 1 aliphatic rings. The number of nitrogens with one attached hydrogen (secondary N) is 1. The van der Waals surface area contributed by atoms with E-state index in [0.29, 0.717) is 21.6 Å². The predicted octanol–water partition coefficient (Wildman–Crippen LogP) is 3.83. The molecule has 0 saturated heterocycles. The number of hydrogen-bond donors (Lipinski definition) is 1. The highest BCUT2D eigenvalue weighted by atomic mass is 35.5. The molecule has 0 saturated carbocycles. The molecule has 7 heteroatoms. The van der Waals surface area contributed by atoms with Gasteiger partial charge >= 0.3 is 0 Å². The summed E-state index contributed by atoms with van der Waals surface area (Å²) in [7, 11) is 0. The van der Waals surface area contributed by atoms with Crippen LogP contribution in [-0.2, 0) is 11.2 Å². The lowest BCUT2D eigenvalue weighted by atomic mass is 10.1. The largest absolute Gasteiger partial charge is 0.326 e. The number of fused-ring (bicyclic) bond motifs is 1. The molecule has 2 heterocycles. The van der Waals surface area contributed by atoms with Gasteiger partial charge < -0.3 is 5.32 Å². The van der Waals surface area contributed by atoms with Crippen LogP contribution in [-0.4, -0.2) is 21.2 Å². The fourth-order valence-corrected chi connectivity index (χ4v) is 4.22. The molecule has 1 aromatic heterocycles. The van der Waals surface area contributed by atoms with Gasteiger partial charge in [-0.1, -0.05) is 42.8 Å². The fourth-order valence-electron chi connectivity index (χ4n) is 2.88. The number of amides is 1. The minimum atomic E-state index is -0.171. The van der Waals surface area contributed by atoms with E-state index in [0.717, 1.165) is 24.1 Å². The van der Waals surface area contributed by atoms with Gasteiger partial charge in [0.25, 0.3) is 5.56 Å². The third kappa shape index (κ3) is 4.07. The van der Waals surface area contributed by atoms with Crippen LogP contribution in [0, 0.1) is 6.92 Å². The Morgan fingerprint density at radius 2 is 2.24 bits per heavy atom. The first-order valence-corrected chi connectivity index (χ1v) is 9.65. The number of benzene rings is 1. The number of aromatic nitrogens is 2. The molecule has 1 atom stereocenters. The molecule has 0 aliphatic carbocycles. The van der Waals surface area contributed by atoms with Crippen molar-refractivity contribution in [3.63, 3.8) is 0 Å². The van der Waals surface area contributed by atoms with Crippen molar-refractivity contribution in [1.29, 1.82) is 0 Å². The number of aryl methyl sites for hydroxylation is 2. The topological polar surface area (TPSA) is 64.0 Å². The third-order valence-electron chi connectivity index (χ3n) is 4.14. The Morgan fingerprint density at radius 3 is 3.00 bits per heavy atom. The van der Waals surface area contributed by atoms with Gasteiger partial charge in [-0.15, -0.1) is 0 Å². The average molecular weight is 378 g/mol. The van der Waals surface area contributed by atoms with Gasteiger partial charge in [0.2, 0.25) is 5.91 Å². The van der Waals surface area contributed by atoms with Crippen molar-refractivity contribution in [3.05, 3.63) is 50.9 Å². The summed E-state index contributed by atoms with van der Waals surface area (Å²) in [6.07, 6.45) is 1.98. The minimum Gasteiger partial charge on any atom is -0.326 e. The van der Waals surface area contributed by atoms with Gasteiger partial charge in [-0.2, -0.15) is 0 Å². The zero-order valence-corrected chi connectivity index (χ0v) is 15.8. The Labute approximate surface area is 155 Å². The van der Waals surface area contributed by atoms with Gasteiger partial charge in [0, 0.05) is 34.6 Å². The molecule has 0 fully saturated rings. The number of thioether (sulfide) groups is 1. The monoisotopic (exact) mass is 377 g/mol. The average Bonchev–Trinajstić information content (AvgIpc) is 2.94. The molecule has 1 N–H and O–H groups in total. The molecule has 1 unspecified atom stereocenters. The van der Waals surface area contributed by atoms with Gasteiger partial charge in [-0.05, 0) is 31.0 Å². The maximum atomic E-state index is 12.4. The van der Waals surface area contributed by atoms with E-state index in [1.54, 1.807) is 22.8 Å². The standard InChI is InChI=1S/C18H20ClN3O2S/c1-3-4-13-8-17(24)22-14(10-25-18(22)20-13)9-16(23)21-15-7-12(19)6-5-11(15)2/h5-8,14H,3-4,9-10H2,1-2H3,(H,21,23). The quantitative estimate of drug-likeness (QED) is 0.804. The van der Waals surface area contributed by atoms with Crippen molar-refractivity contribution < 1.29 is 4.79 Å². The Kier molecular flexibility index (Phi) is 5.49. The van der Waals surface area contributed by atoms with Gasteiger partial charge in [0.15, 0.2) is 5.16 Å². The SMILES string of the molecule is CCCc1cc(=O)n2c(n1)SCC2CC(=O)Nc1cc(Cl)ccc1C. The van der Waals surface area contributed by atoms with E-state index < -0.39 is 0 Å². The van der Waals surface area contributed by atoms with Crippen LogP contribution in [0.1, 0.15) is 37.1 Å². The lowest BCUT2D eigenvalue weighted by molar-refractivity contribution is -0.116. The first kappa shape index (κ1) is 18.0. The molecule has 0 bridgehead atoms. The van der Waals surface area contributed by atoms with Gasteiger partial charge in [-0.25, -0.2) is 4.98 Å². The second-order valence-electron chi connectivity index (χ2n) is 6.16. The van der Waals surface area contributed by atoms with Crippen molar-refractivity contribution in [2.75, 3.05) is 11.1 Å². The van der Waals surface area contributed by atoms with E-state index in [2.05, 4.69) is 17.2 Å². The van der Waals surface area contributed by atoms with Crippen molar-refractivity contribution in [2.45, 2.75) is 44.3 Å². The third-order valence-corrected chi connectivity index (χ3v) is 5.48. The van der Waals surface area contributed by atoms with E-state index in [9.17, 15) is 9.59 Å². The van der Waals surface area contributed by atoms with E-state index in [1.807, 2.05) is 13.0 Å². The molecule has 0 spiro atoms. The van der Waals surface area contributed by atoms with Crippen LogP contribution in [0.5, 0.6) is 0 Å². The first-order valence-electron chi connectivity index (χ1n) is 8.29. The highest BCUT2D eigenvalue weighted by Gasteiger charge is 2.27. The first-order chi connectivity index (χ1) is 12.0. The van der Waals surface area contributed by atoms with E-state index in [1.165, 1.54) is 11.8 Å². The van der Waals surface area contributed by atoms with Crippen LogP contribution in [0.2, 0.25) is 5.02 Å². The molecule has 0 radical (unpaired) electrons. The van der Waals surface area contributed by atoms with Crippen LogP contribution < -0.4 is 10.9 Å². The molecule has 3 rings (SSSR count). The summed E-state index contributed by atoms with van der Waals surface area (Å²) in [6.45, 7) is 3.97. The molecule has 5 nitrogen and oxygen atoms in total. The number of carbonyl (C=O) groups excluding carboxylic acids is 1. The molecule has 1 aliphatic heterocycles. The molecule has 1 amide bonds. The summed E-state index contributed by atoms with van der Waals surface area (Å²) in [6, 6.07) is 6.80. The number of halogens is 1. The lowest BCUT2D eigenvalue weighted by Gasteiger charge is -2.14. The van der Waals surface area contributed by atoms with Crippen LogP contribution in [0.25, 0.3) is 0 Å². The highest BCUT2D eigenvalue weighted by Crippen LogP contribution is 2.32. The smallest absolute Gasteiger partial charge is 0.254 e. The zero-order valence-electron chi connectivity index (χ0n) is 14.2. The van der Waals surface area contributed by atoms with E-state index >= 15 is 0 Å². The summed E-state index contributed by atoms with van der Waals surface area (Å²) in [5.41, 5.74) is 2.40. The normalized spacial score (nSPS) is 15.9.